The Morgan fingerprint density at radius 1 is 1.25 bits per heavy atom. The van der Waals surface area contributed by atoms with E-state index in [2.05, 4.69) is 10.2 Å². The van der Waals surface area contributed by atoms with Gasteiger partial charge >= 0.3 is 0 Å². The normalized spacial score (nSPS) is 10.4. The number of nitrogens with two attached hydrogens (primary N) is 1. The Balaban J connectivity index is 2.51. The molecule has 2 N–H and O–H groups in total. The summed E-state index contributed by atoms with van der Waals surface area (Å²) in [6.45, 7) is 3.67. The zero-order valence-electron chi connectivity index (χ0n) is 10.8. The van der Waals surface area contributed by atoms with Crippen molar-refractivity contribution in [3.63, 3.8) is 0 Å². The molecule has 0 spiro atoms. The lowest BCUT2D eigenvalue weighted by Gasteiger charge is -2.13. The fourth-order valence-electron chi connectivity index (χ4n) is 1.61. The van der Waals surface area contributed by atoms with Crippen molar-refractivity contribution in [2.24, 2.45) is 5.73 Å². The summed E-state index contributed by atoms with van der Waals surface area (Å²) in [6.07, 6.45) is 0. The van der Waals surface area contributed by atoms with Gasteiger partial charge < -0.3 is 10.5 Å². The van der Waals surface area contributed by atoms with Crippen molar-refractivity contribution in [2.75, 3.05) is 0 Å². The van der Waals surface area contributed by atoms with E-state index in [1.165, 1.54) is 0 Å². The Hall–Kier alpha value is -1.43. The monoisotopic (exact) mass is 327 g/mol. The van der Waals surface area contributed by atoms with E-state index in [1.54, 1.807) is 18.2 Å². The van der Waals surface area contributed by atoms with Crippen LogP contribution in [0.5, 0.6) is 11.6 Å². The highest BCUT2D eigenvalue weighted by Gasteiger charge is 2.16. The van der Waals surface area contributed by atoms with Crippen LogP contribution < -0.4 is 10.5 Å². The molecule has 2 aromatic rings. The highest BCUT2D eigenvalue weighted by Crippen LogP contribution is 2.33. The number of nitrogens with zero attached hydrogens (tertiary/aromatic N) is 2. The predicted molar refractivity (Wildman–Crippen MR) is 83.9 cm³/mol. The summed E-state index contributed by atoms with van der Waals surface area (Å²) in [5.74, 6) is 0.582. The maximum absolute atomic E-state index is 6.05. The van der Waals surface area contributed by atoms with Crippen LogP contribution in [0.4, 0.5) is 0 Å². The number of rotatable bonds is 3. The Kier molecular flexibility index (Phi) is 4.42. The largest absolute Gasteiger partial charge is 0.435 e. The number of aromatic nitrogens is 2. The van der Waals surface area contributed by atoms with Crippen LogP contribution in [0.15, 0.2) is 18.2 Å². The molecule has 0 bridgehead atoms. The van der Waals surface area contributed by atoms with Crippen LogP contribution in [-0.4, -0.2) is 15.2 Å². The Morgan fingerprint density at radius 3 is 2.60 bits per heavy atom. The van der Waals surface area contributed by atoms with Crippen LogP contribution in [0, 0.1) is 13.8 Å². The smallest absolute Gasteiger partial charge is 0.249 e. The van der Waals surface area contributed by atoms with Gasteiger partial charge in [-0.2, -0.15) is 5.10 Å². The van der Waals surface area contributed by atoms with Gasteiger partial charge in [0.15, 0.2) is 0 Å². The van der Waals surface area contributed by atoms with E-state index in [0.29, 0.717) is 21.4 Å². The molecule has 1 aromatic heterocycles. The van der Waals surface area contributed by atoms with Gasteiger partial charge in [0.05, 0.1) is 16.3 Å². The quantitative estimate of drug-likeness (QED) is 0.868. The maximum atomic E-state index is 6.05. The molecular weight excluding hydrogens is 317 g/mol. The highest BCUT2D eigenvalue weighted by atomic mass is 35.5. The SMILES string of the molecule is Cc1nnc(Oc2cc(Cl)ccc2Cl)c(C(N)=S)c1C. The number of hydrogen-bond donors (Lipinski definition) is 1. The van der Waals surface area contributed by atoms with Gasteiger partial charge in [-0.1, -0.05) is 35.4 Å². The fourth-order valence-corrected chi connectivity index (χ4v) is 2.17. The summed E-state index contributed by atoms with van der Waals surface area (Å²) in [7, 11) is 0. The van der Waals surface area contributed by atoms with Crippen molar-refractivity contribution in [3.05, 3.63) is 45.1 Å². The third-order valence-electron chi connectivity index (χ3n) is 2.77. The molecular formula is C13H11Cl2N3OS. The lowest BCUT2D eigenvalue weighted by Crippen LogP contribution is -2.15. The summed E-state index contributed by atoms with van der Waals surface area (Å²) in [4.78, 5) is 0.189. The molecule has 7 heteroatoms. The van der Waals surface area contributed by atoms with Crippen LogP contribution in [0.1, 0.15) is 16.8 Å². The molecule has 0 amide bonds. The molecule has 2 rings (SSSR count). The molecule has 0 saturated heterocycles. The number of halogens is 2. The first-order valence-corrected chi connectivity index (χ1v) is 6.83. The first-order chi connectivity index (χ1) is 9.40. The summed E-state index contributed by atoms with van der Waals surface area (Å²) < 4.78 is 5.66. The van der Waals surface area contributed by atoms with Gasteiger partial charge in [-0.3, -0.25) is 0 Å². The van der Waals surface area contributed by atoms with Gasteiger partial charge in [0.1, 0.15) is 10.7 Å². The van der Waals surface area contributed by atoms with Crippen LogP contribution >= 0.6 is 35.4 Å². The molecule has 0 fully saturated rings. The lowest BCUT2D eigenvalue weighted by molar-refractivity contribution is 0.453. The fraction of sp³-hybridized carbons (Fsp3) is 0.154. The summed E-state index contributed by atoms with van der Waals surface area (Å²) >= 11 is 17.0. The van der Waals surface area contributed by atoms with Crippen LogP contribution in [-0.2, 0) is 0 Å². The summed E-state index contributed by atoms with van der Waals surface area (Å²) in [5, 5.41) is 8.89. The zero-order chi connectivity index (χ0) is 14.9. The van der Waals surface area contributed by atoms with E-state index < -0.39 is 0 Å². The molecule has 0 atom stereocenters. The van der Waals surface area contributed by atoms with E-state index in [0.717, 1.165) is 11.3 Å². The van der Waals surface area contributed by atoms with E-state index >= 15 is 0 Å². The van der Waals surface area contributed by atoms with Crippen molar-refractivity contribution in [1.29, 1.82) is 0 Å². The first-order valence-electron chi connectivity index (χ1n) is 5.66. The zero-order valence-corrected chi connectivity index (χ0v) is 13.1. The van der Waals surface area contributed by atoms with Crippen molar-refractivity contribution in [3.8, 4) is 11.6 Å². The maximum Gasteiger partial charge on any atom is 0.249 e. The number of aryl methyl sites for hydroxylation is 1. The molecule has 20 heavy (non-hydrogen) atoms. The van der Waals surface area contributed by atoms with Crippen LogP contribution in [0.2, 0.25) is 10.0 Å². The van der Waals surface area contributed by atoms with Crippen LogP contribution in [0.25, 0.3) is 0 Å². The summed E-state index contributed by atoms with van der Waals surface area (Å²) in [5.41, 5.74) is 7.83. The van der Waals surface area contributed by atoms with Gasteiger partial charge in [-0.25, -0.2) is 0 Å². The molecule has 0 saturated carbocycles. The molecule has 0 aliphatic rings. The second-order valence-electron chi connectivity index (χ2n) is 4.13. The van der Waals surface area contributed by atoms with Gasteiger partial charge in [0.25, 0.3) is 0 Å². The predicted octanol–water partition coefficient (Wildman–Crippen LogP) is 3.83. The molecule has 0 radical (unpaired) electrons. The standard InChI is InChI=1S/C13H11Cl2N3OS/c1-6-7(2)17-18-13(11(6)12(16)20)19-10-5-8(14)3-4-9(10)15/h3-5H,1-2H3,(H2,16,20). The number of hydrogen-bond acceptors (Lipinski definition) is 4. The third kappa shape index (κ3) is 3.00. The lowest BCUT2D eigenvalue weighted by atomic mass is 10.1. The molecule has 0 unspecified atom stereocenters. The van der Waals surface area contributed by atoms with Crippen molar-refractivity contribution in [2.45, 2.75) is 13.8 Å². The van der Waals surface area contributed by atoms with Gasteiger partial charge in [-0.15, -0.1) is 5.10 Å². The minimum absolute atomic E-state index is 0.189. The highest BCUT2D eigenvalue weighted by molar-refractivity contribution is 7.80. The summed E-state index contributed by atoms with van der Waals surface area (Å²) in [6, 6.07) is 4.88. The van der Waals surface area contributed by atoms with E-state index in [4.69, 9.17) is 45.9 Å². The van der Waals surface area contributed by atoms with Gasteiger partial charge in [0.2, 0.25) is 5.88 Å². The van der Waals surface area contributed by atoms with Crippen molar-refractivity contribution in [1.82, 2.24) is 10.2 Å². The second kappa shape index (κ2) is 5.91. The van der Waals surface area contributed by atoms with E-state index in [9.17, 15) is 0 Å². The second-order valence-corrected chi connectivity index (χ2v) is 5.42. The average Bonchev–Trinajstić information content (AvgIpc) is 2.38. The molecule has 0 aliphatic heterocycles. The number of thiocarbonyl (C=S) groups is 1. The molecule has 104 valence electrons. The Morgan fingerprint density at radius 2 is 1.95 bits per heavy atom. The average molecular weight is 328 g/mol. The molecule has 1 aromatic carbocycles. The molecule has 0 aliphatic carbocycles. The Bertz CT molecular complexity index is 692. The molecule has 1 heterocycles. The van der Waals surface area contributed by atoms with Gasteiger partial charge in [0, 0.05) is 11.1 Å². The first kappa shape index (κ1) is 15.0. The van der Waals surface area contributed by atoms with Crippen LogP contribution in [0.3, 0.4) is 0 Å². The Labute approximate surface area is 131 Å². The van der Waals surface area contributed by atoms with E-state index in [1.807, 2.05) is 13.8 Å². The minimum atomic E-state index is 0.189. The van der Waals surface area contributed by atoms with Crippen molar-refractivity contribution < 1.29 is 4.74 Å². The molecule has 4 nitrogen and oxygen atoms in total. The minimum Gasteiger partial charge on any atom is -0.435 e. The van der Waals surface area contributed by atoms with Crippen molar-refractivity contribution >= 4 is 40.4 Å². The number of benzene rings is 1. The number of ether oxygens (including phenoxy) is 1. The van der Waals surface area contributed by atoms with E-state index in [-0.39, 0.29) is 10.9 Å². The van der Waals surface area contributed by atoms with Gasteiger partial charge in [-0.05, 0) is 31.5 Å². The topological polar surface area (TPSA) is 61.0 Å². The third-order valence-corrected chi connectivity index (χ3v) is 3.52.